The van der Waals surface area contributed by atoms with Crippen LogP contribution in [0.25, 0.3) is 0 Å². The average Bonchev–Trinajstić information content (AvgIpc) is 2.53. The lowest BCUT2D eigenvalue weighted by molar-refractivity contribution is -0.134. The van der Waals surface area contributed by atoms with Crippen molar-refractivity contribution in [2.45, 2.75) is 44.6 Å². The number of ether oxygens (including phenoxy) is 1. The van der Waals surface area contributed by atoms with Gasteiger partial charge >= 0.3 is 0 Å². The van der Waals surface area contributed by atoms with Crippen LogP contribution in [0.5, 0.6) is 0 Å². The lowest BCUT2D eigenvalue weighted by Crippen LogP contribution is -2.37. The monoisotopic (exact) mass is 419 g/mol. The maximum Gasteiger partial charge on any atom is 0.300 e. The van der Waals surface area contributed by atoms with Crippen molar-refractivity contribution in [2.24, 2.45) is 5.14 Å². The molecule has 5 N–H and O–H groups in total. The van der Waals surface area contributed by atoms with E-state index in [4.69, 9.17) is 32.0 Å². The van der Waals surface area contributed by atoms with Crippen LogP contribution in [0.3, 0.4) is 0 Å². The highest BCUT2D eigenvalue weighted by molar-refractivity contribution is 7.89. The summed E-state index contributed by atoms with van der Waals surface area (Å²) in [6, 6.07) is 6.52. The van der Waals surface area contributed by atoms with Crippen LogP contribution in [-0.4, -0.2) is 50.4 Å². The first kappa shape index (κ1) is 25.2. The van der Waals surface area contributed by atoms with Gasteiger partial charge in [-0.25, -0.2) is 13.6 Å². The zero-order valence-electron chi connectivity index (χ0n) is 15.9. The molecule has 0 spiro atoms. The number of carbonyl (C=O) groups is 1. The molecule has 10 heteroatoms. The molecule has 0 amide bonds. The largest absolute Gasteiger partial charge is 0.481 e. The summed E-state index contributed by atoms with van der Waals surface area (Å²) < 4.78 is 27.8. The minimum Gasteiger partial charge on any atom is -0.481 e. The standard InChI is InChI=1S/C15H25N3O3S2.C2H4O2/c1-12(2)21-11-3-9-17-15(22)18-10-8-13-4-6-14(7-5-13)23(16,19)20;1-2(3)4/h4-7,12H,3,8-11H2,1-2H3,(H2,16,19,20)(H2,17,18,22);1H3,(H,3,4). The van der Waals surface area contributed by atoms with Crippen molar-refractivity contribution in [1.29, 1.82) is 0 Å². The molecule has 1 aromatic carbocycles. The Morgan fingerprint density at radius 3 is 2.22 bits per heavy atom. The molecular formula is C17H29N3O5S2. The lowest BCUT2D eigenvalue weighted by Gasteiger charge is -2.11. The maximum atomic E-state index is 11.2. The van der Waals surface area contributed by atoms with E-state index in [9.17, 15) is 8.42 Å². The summed E-state index contributed by atoms with van der Waals surface area (Å²) in [6.07, 6.45) is 1.89. The molecule has 0 aliphatic carbocycles. The van der Waals surface area contributed by atoms with Crippen molar-refractivity contribution in [3.63, 3.8) is 0 Å². The van der Waals surface area contributed by atoms with Crippen molar-refractivity contribution >= 4 is 33.3 Å². The van der Waals surface area contributed by atoms with Gasteiger partial charge in [0, 0.05) is 26.6 Å². The number of benzene rings is 1. The topological polar surface area (TPSA) is 131 Å². The van der Waals surface area contributed by atoms with Crippen LogP contribution in [0.4, 0.5) is 0 Å². The first-order valence-corrected chi connectivity index (χ1v) is 10.4. The molecule has 0 fully saturated rings. The first-order valence-electron chi connectivity index (χ1n) is 8.47. The minimum atomic E-state index is -3.63. The number of hydrogen-bond acceptors (Lipinski definition) is 5. The third-order valence-electron chi connectivity index (χ3n) is 3.01. The zero-order chi connectivity index (χ0) is 20.9. The van der Waals surface area contributed by atoms with Gasteiger partial charge in [-0.05, 0) is 56.6 Å². The second-order valence-corrected chi connectivity index (χ2v) is 7.88. The molecular weight excluding hydrogens is 390 g/mol. The molecule has 0 aliphatic rings. The molecule has 0 aliphatic heterocycles. The van der Waals surface area contributed by atoms with Crippen LogP contribution in [0, 0.1) is 0 Å². The van der Waals surface area contributed by atoms with E-state index in [0.717, 1.165) is 31.9 Å². The van der Waals surface area contributed by atoms with E-state index < -0.39 is 16.0 Å². The third-order valence-corrected chi connectivity index (χ3v) is 4.23. The molecule has 0 atom stereocenters. The third kappa shape index (κ3) is 15.0. The van der Waals surface area contributed by atoms with Crippen LogP contribution >= 0.6 is 12.2 Å². The van der Waals surface area contributed by atoms with Crippen molar-refractivity contribution < 1.29 is 23.1 Å². The van der Waals surface area contributed by atoms with E-state index in [2.05, 4.69) is 10.6 Å². The second kappa shape index (κ2) is 13.4. The first-order chi connectivity index (χ1) is 12.5. The molecule has 0 saturated heterocycles. The van der Waals surface area contributed by atoms with Crippen LogP contribution in [0.2, 0.25) is 0 Å². The molecule has 0 saturated carbocycles. The minimum absolute atomic E-state index is 0.120. The number of primary sulfonamides is 1. The van der Waals surface area contributed by atoms with Crippen molar-refractivity contribution in [2.75, 3.05) is 19.7 Å². The molecule has 0 heterocycles. The average molecular weight is 420 g/mol. The number of nitrogens with one attached hydrogen (secondary N) is 2. The number of rotatable bonds is 9. The number of carboxylic acids is 1. The number of hydrogen-bond donors (Lipinski definition) is 4. The van der Waals surface area contributed by atoms with E-state index in [0.29, 0.717) is 18.3 Å². The Labute approximate surface area is 166 Å². The number of nitrogens with two attached hydrogens (primary N) is 1. The highest BCUT2D eigenvalue weighted by Crippen LogP contribution is 2.08. The summed E-state index contributed by atoms with van der Waals surface area (Å²) >= 11 is 5.18. The van der Waals surface area contributed by atoms with Crippen molar-refractivity contribution in [1.82, 2.24) is 10.6 Å². The Balaban J connectivity index is 0.00000153. The summed E-state index contributed by atoms with van der Waals surface area (Å²) in [5.41, 5.74) is 1.01. The van der Waals surface area contributed by atoms with Gasteiger partial charge in [-0.2, -0.15) is 0 Å². The van der Waals surface area contributed by atoms with E-state index in [-0.39, 0.29) is 11.0 Å². The molecule has 154 valence electrons. The molecule has 27 heavy (non-hydrogen) atoms. The molecule has 8 nitrogen and oxygen atoms in total. The van der Waals surface area contributed by atoms with Gasteiger partial charge in [0.25, 0.3) is 5.97 Å². The molecule has 0 aromatic heterocycles. The zero-order valence-corrected chi connectivity index (χ0v) is 17.5. The Bertz CT molecular complexity index is 672. The van der Waals surface area contributed by atoms with Crippen molar-refractivity contribution in [3.05, 3.63) is 29.8 Å². The Morgan fingerprint density at radius 1 is 1.22 bits per heavy atom. The van der Waals surface area contributed by atoms with Gasteiger partial charge < -0.3 is 20.5 Å². The van der Waals surface area contributed by atoms with Crippen LogP contribution in [0.15, 0.2) is 29.2 Å². The fourth-order valence-corrected chi connectivity index (χ4v) is 2.54. The Kier molecular flexibility index (Phi) is 12.6. The van der Waals surface area contributed by atoms with E-state index in [1.807, 2.05) is 13.8 Å². The van der Waals surface area contributed by atoms with E-state index in [1.54, 1.807) is 12.1 Å². The summed E-state index contributed by atoms with van der Waals surface area (Å²) in [5, 5.41) is 19.3. The van der Waals surface area contributed by atoms with Gasteiger partial charge in [0.15, 0.2) is 5.11 Å². The number of thiocarbonyl (C=S) groups is 1. The highest BCUT2D eigenvalue weighted by atomic mass is 32.2. The summed E-state index contributed by atoms with van der Waals surface area (Å²) in [5.74, 6) is -0.833. The van der Waals surface area contributed by atoms with Gasteiger partial charge in [0.05, 0.1) is 11.0 Å². The van der Waals surface area contributed by atoms with Crippen LogP contribution in [0.1, 0.15) is 32.8 Å². The fraction of sp³-hybridized carbons (Fsp3) is 0.529. The lowest BCUT2D eigenvalue weighted by atomic mass is 10.1. The summed E-state index contributed by atoms with van der Waals surface area (Å²) in [4.78, 5) is 9.12. The fourth-order valence-electron chi connectivity index (χ4n) is 1.82. The number of aliphatic carboxylic acids is 1. The molecule has 0 unspecified atom stereocenters. The smallest absolute Gasteiger partial charge is 0.300 e. The van der Waals surface area contributed by atoms with Crippen molar-refractivity contribution in [3.8, 4) is 0 Å². The number of carboxylic acid groups (broad SMARTS) is 1. The van der Waals surface area contributed by atoms with Gasteiger partial charge in [0.2, 0.25) is 10.0 Å². The van der Waals surface area contributed by atoms with E-state index >= 15 is 0 Å². The molecule has 0 bridgehead atoms. The van der Waals surface area contributed by atoms with Gasteiger partial charge in [-0.15, -0.1) is 0 Å². The molecule has 0 radical (unpaired) electrons. The SMILES string of the molecule is CC(=O)O.CC(C)OCCCNC(=S)NCCc1ccc(S(N)(=O)=O)cc1. The van der Waals surface area contributed by atoms with Crippen LogP contribution < -0.4 is 15.8 Å². The normalized spacial score (nSPS) is 10.7. The Morgan fingerprint density at radius 2 is 1.74 bits per heavy atom. The molecule has 1 rings (SSSR count). The van der Waals surface area contributed by atoms with Crippen LogP contribution in [-0.2, 0) is 26.0 Å². The van der Waals surface area contributed by atoms with Gasteiger partial charge in [-0.3, -0.25) is 4.79 Å². The van der Waals surface area contributed by atoms with Gasteiger partial charge in [-0.1, -0.05) is 12.1 Å². The Hall–Kier alpha value is -1.75. The predicted molar refractivity (Wildman–Crippen MR) is 109 cm³/mol. The summed E-state index contributed by atoms with van der Waals surface area (Å²) in [7, 11) is -3.63. The van der Waals surface area contributed by atoms with Gasteiger partial charge in [0.1, 0.15) is 0 Å². The number of sulfonamides is 1. The quantitative estimate of drug-likeness (QED) is 0.347. The predicted octanol–water partition coefficient (Wildman–Crippen LogP) is 1.25. The van der Waals surface area contributed by atoms with E-state index in [1.165, 1.54) is 12.1 Å². The maximum absolute atomic E-state index is 11.2. The summed E-state index contributed by atoms with van der Waals surface area (Å²) in [6.45, 7) is 7.25. The highest BCUT2D eigenvalue weighted by Gasteiger charge is 2.06. The second-order valence-electron chi connectivity index (χ2n) is 5.91. The molecule has 1 aromatic rings.